The molecular formula is C24H21ClN4O5S. The first-order valence-corrected chi connectivity index (χ1v) is 12.3. The number of sulfonamides is 1. The highest BCUT2D eigenvalue weighted by molar-refractivity contribution is 7.92. The lowest BCUT2D eigenvalue weighted by Gasteiger charge is -2.08. The number of furan rings is 1. The number of anilines is 2. The Bertz CT molecular complexity index is 1430. The van der Waals surface area contributed by atoms with Crippen LogP contribution in [0, 0.1) is 13.8 Å². The van der Waals surface area contributed by atoms with Gasteiger partial charge in [0.05, 0.1) is 4.90 Å². The summed E-state index contributed by atoms with van der Waals surface area (Å²) in [6.45, 7) is 4.15. The van der Waals surface area contributed by atoms with E-state index in [0.29, 0.717) is 11.4 Å². The molecule has 0 unspecified atom stereocenters. The molecule has 0 aliphatic carbocycles. The number of rotatable bonds is 8. The van der Waals surface area contributed by atoms with E-state index in [4.69, 9.17) is 20.8 Å². The third-order valence-electron chi connectivity index (χ3n) is 4.76. The molecule has 2 aromatic carbocycles. The first-order valence-electron chi connectivity index (χ1n) is 10.4. The van der Waals surface area contributed by atoms with Crippen molar-refractivity contribution in [1.29, 1.82) is 0 Å². The number of carbonyl (C=O) groups is 1. The maximum Gasteiger partial charge on any atom is 0.291 e. The molecule has 2 heterocycles. The Labute approximate surface area is 207 Å². The van der Waals surface area contributed by atoms with Gasteiger partial charge in [0.15, 0.2) is 16.7 Å². The van der Waals surface area contributed by atoms with Gasteiger partial charge in [-0.05, 0) is 85.6 Å². The first kappa shape index (κ1) is 24.2. The van der Waals surface area contributed by atoms with Crippen LogP contribution in [0.25, 0.3) is 0 Å². The molecule has 0 fully saturated rings. The van der Waals surface area contributed by atoms with Gasteiger partial charge in [-0.2, -0.15) is 0 Å². The zero-order valence-corrected chi connectivity index (χ0v) is 20.4. The highest BCUT2D eigenvalue weighted by Gasteiger charge is 2.16. The summed E-state index contributed by atoms with van der Waals surface area (Å²) in [6, 6.07) is 17.6. The van der Waals surface area contributed by atoms with Crippen LogP contribution in [0.15, 0.2) is 76.0 Å². The number of nitrogens with one attached hydrogen (secondary N) is 2. The number of ether oxygens (including phenoxy) is 1. The summed E-state index contributed by atoms with van der Waals surface area (Å²) in [7, 11) is -3.90. The van der Waals surface area contributed by atoms with E-state index in [1.807, 2.05) is 26.0 Å². The average molecular weight is 513 g/mol. The van der Waals surface area contributed by atoms with E-state index in [1.54, 1.807) is 12.1 Å². The lowest BCUT2D eigenvalue weighted by Crippen LogP contribution is -2.15. The zero-order valence-electron chi connectivity index (χ0n) is 18.8. The molecule has 0 aliphatic rings. The van der Waals surface area contributed by atoms with Crippen molar-refractivity contribution >= 4 is 39.0 Å². The van der Waals surface area contributed by atoms with E-state index >= 15 is 0 Å². The summed E-state index contributed by atoms with van der Waals surface area (Å²) in [5.74, 6) is 0.864. The van der Waals surface area contributed by atoms with Gasteiger partial charge in [0.1, 0.15) is 18.1 Å². The predicted octanol–water partition coefficient (Wildman–Crippen LogP) is 4.97. The third kappa shape index (κ3) is 6.37. The molecule has 4 aromatic rings. The molecule has 0 saturated carbocycles. The van der Waals surface area contributed by atoms with Gasteiger partial charge in [-0.1, -0.05) is 17.7 Å². The van der Waals surface area contributed by atoms with Crippen molar-refractivity contribution in [2.24, 2.45) is 0 Å². The monoisotopic (exact) mass is 512 g/mol. The topological polar surface area (TPSA) is 123 Å². The molecular weight excluding hydrogens is 492 g/mol. The molecule has 2 aromatic heterocycles. The quantitative estimate of drug-likeness (QED) is 0.341. The van der Waals surface area contributed by atoms with Crippen LogP contribution in [0.3, 0.4) is 0 Å². The van der Waals surface area contributed by atoms with E-state index < -0.39 is 15.9 Å². The molecule has 0 aliphatic heterocycles. The largest absolute Gasteiger partial charge is 0.486 e. The van der Waals surface area contributed by atoms with E-state index in [0.717, 1.165) is 16.9 Å². The molecule has 9 nitrogen and oxygen atoms in total. The van der Waals surface area contributed by atoms with Crippen molar-refractivity contribution in [2.75, 3.05) is 10.0 Å². The highest BCUT2D eigenvalue weighted by Crippen LogP contribution is 2.20. The molecule has 0 bridgehead atoms. The highest BCUT2D eigenvalue weighted by atomic mass is 35.5. The summed E-state index contributed by atoms with van der Waals surface area (Å²) in [5, 5.41) is 10.1. The second-order valence-electron chi connectivity index (χ2n) is 7.70. The van der Waals surface area contributed by atoms with Gasteiger partial charge in [-0.25, -0.2) is 8.42 Å². The van der Waals surface area contributed by atoms with Gasteiger partial charge in [0, 0.05) is 5.69 Å². The fourth-order valence-corrected chi connectivity index (χ4v) is 4.32. The average Bonchev–Trinajstić information content (AvgIpc) is 3.28. The molecule has 2 N–H and O–H groups in total. The summed E-state index contributed by atoms with van der Waals surface area (Å²) in [4.78, 5) is 12.5. The minimum absolute atomic E-state index is 0.0175. The summed E-state index contributed by atoms with van der Waals surface area (Å²) in [5.41, 5.74) is 2.57. The standard InChI is InChI=1S/C24H21ClN4O5S/c1-15-11-16(2)13-19(12-15)33-14-18-5-8-21(34-18)24(30)26-17-3-6-20(7-4-17)35(31,32)29-23-10-9-22(25)27-28-23/h3-13H,14H2,1-2H3,(H,26,30)(H,28,29). The smallest absolute Gasteiger partial charge is 0.291 e. The number of benzene rings is 2. The number of aryl methyl sites for hydroxylation is 2. The van der Waals surface area contributed by atoms with Crippen LogP contribution in [0.2, 0.25) is 5.15 Å². The van der Waals surface area contributed by atoms with Gasteiger partial charge >= 0.3 is 0 Å². The van der Waals surface area contributed by atoms with Crippen molar-refractivity contribution in [1.82, 2.24) is 10.2 Å². The van der Waals surface area contributed by atoms with Crippen LogP contribution < -0.4 is 14.8 Å². The van der Waals surface area contributed by atoms with Crippen LogP contribution in [0.1, 0.15) is 27.4 Å². The van der Waals surface area contributed by atoms with Gasteiger partial charge in [0.2, 0.25) is 0 Å². The molecule has 180 valence electrons. The van der Waals surface area contributed by atoms with Crippen LogP contribution in [0.4, 0.5) is 11.5 Å². The fraction of sp³-hybridized carbons (Fsp3) is 0.125. The van der Waals surface area contributed by atoms with Crippen molar-refractivity contribution < 1.29 is 22.4 Å². The molecule has 35 heavy (non-hydrogen) atoms. The molecule has 0 saturated heterocycles. The number of nitrogens with zero attached hydrogens (tertiary/aromatic N) is 2. The van der Waals surface area contributed by atoms with Crippen molar-refractivity contribution in [3.05, 3.63) is 94.5 Å². The molecule has 4 rings (SSSR count). The fourth-order valence-electron chi connectivity index (χ4n) is 3.23. The normalized spacial score (nSPS) is 11.2. The second-order valence-corrected chi connectivity index (χ2v) is 9.77. The summed E-state index contributed by atoms with van der Waals surface area (Å²) < 4.78 is 38.7. The minimum atomic E-state index is -3.90. The minimum Gasteiger partial charge on any atom is -0.486 e. The van der Waals surface area contributed by atoms with Crippen molar-refractivity contribution in [2.45, 2.75) is 25.3 Å². The predicted molar refractivity (Wildman–Crippen MR) is 131 cm³/mol. The maximum absolute atomic E-state index is 12.5. The Morgan fingerprint density at radius 1 is 0.971 bits per heavy atom. The molecule has 0 radical (unpaired) electrons. The van der Waals surface area contributed by atoms with E-state index in [2.05, 4.69) is 26.3 Å². The van der Waals surface area contributed by atoms with E-state index in [9.17, 15) is 13.2 Å². The SMILES string of the molecule is Cc1cc(C)cc(OCc2ccc(C(=O)Nc3ccc(S(=O)(=O)Nc4ccc(Cl)nn4)cc3)o2)c1. The Morgan fingerprint density at radius 3 is 2.34 bits per heavy atom. The van der Waals surface area contributed by atoms with Crippen LogP contribution >= 0.6 is 11.6 Å². The van der Waals surface area contributed by atoms with Crippen LogP contribution in [0.5, 0.6) is 5.75 Å². The van der Waals surface area contributed by atoms with Gasteiger partial charge in [-0.15, -0.1) is 10.2 Å². The lowest BCUT2D eigenvalue weighted by atomic mass is 10.1. The Hall–Kier alpha value is -3.89. The van der Waals surface area contributed by atoms with E-state index in [1.165, 1.54) is 36.4 Å². The Balaban J connectivity index is 1.36. The summed E-state index contributed by atoms with van der Waals surface area (Å²) >= 11 is 5.66. The molecule has 11 heteroatoms. The Morgan fingerprint density at radius 2 is 1.69 bits per heavy atom. The first-order chi connectivity index (χ1) is 16.7. The number of aromatic nitrogens is 2. The number of carbonyl (C=O) groups excluding carboxylic acids is 1. The number of hydrogen-bond acceptors (Lipinski definition) is 7. The van der Waals surface area contributed by atoms with Crippen molar-refractivity contribution in [3.63, 3.8) is 0 Å². The Kier molecular flexibility index (Phi) is 7.04. The second kappa shape index (κ2) is 10.2. The third-order valence-corrected chi connectivity index (χ3v) is 6.33. The van der Waals surface area contributed by atoms with Gasteiger partial charge in [-0.3, -0.25) is 9.52 Å². The summed E-state index contributed by atoms with van der Waals surface area (Å²) in [6.07, 6.45) is 0. The molecule has 0 spiro atoms. The number of amides is 1. The van der Waals surface area contributed by atoms with Gasteiger partial charge < -0.3 is 14.5 Å². The van der Waals surface area contributed by atoms with Crippen LogP contribution in [-0.4, -0.2) is 24.5 Å². The zero-order chi connectivity index (χ0) is 25.0. The molecule has 1 amide bonds. The maximum atomic E-state index is 12.5. The number of halogens is 1. The van der Waals surface area contributed by atoms with Crippen molar-refractivity contribution in [3.8, 4) is 5.75 Å². The molecule has 0 atom stereocenters. The number of hydrogen-bond donors (Lipinski definition) is 2. The van der Waals surface area contributed by atoms with E-state index in [-0.39, 0.29) is 28.2 Å². The van der Waals surface area contributed by atoms with Crippen LogP contribution in [-0.2, 0) is 16.6 Å². The van der Waals surface area contributed by atoms with Gasteiger partial charge in [0.25, 0.3) is 15.9 Å². The lowest BCUT2D eigenvalue weighted by molar-refractivity contribution is 0.0992.